The lowest BCUT2D eigenvalue weighted by Gasteiger charge is -2.18. The molecule has 0 saturated heterocycles. The van der Waals surface area contributed by atoms with Gasteiger partial charge in [-0.1, -0.05) is 26.8 Å². The first-order chi connectivity index (χ1) is 7.43. The van der Waals surface area contributed by atoms with Crippen LogP contribution in [-0.2, 0) is 19.1 Å². The number of hydrogen-bond donors (Lipinski definition) is 1. The molecule has 2 rings (SSSR count). The second kappa shape index (κ2) is 3.63. The smallest absolute Gasteiger partial charge is 0.0833 e. The number of rotatable bonds is 1. The van der Waals surface area contributed by atoms with Crippen LogP contribution in [0.3, 0.4) is 0 Å². The molecule has 0 spiro atoms. The Morgan fingerprint density at radius 2 is 1.88 bits per heavy atom. The zero-order valence-electron chi connectivity index (χ0n) is 10.4. The summed E-state index contributed by atoms with van der Waals surface area (Å²) < 4.78 is 2.04. The molecule has 0 unspecified atom stereocenters. The van der Waals surface area contributed by atoms with Crippen LogP contribution in [0.4, 0.5) is 0 Å². The number of aliphatic hydroxyl groups excluding tert-OH is 1. The van der Waals surface area contributed by atoms with E-state index in [1.165, 1.54) is 16.5 Å². The van der Waals surface area contributed by atoms with Gasteiger partial charge >= 0.3 is 0 Å². The zero-order valence-corrected chi connectivity index (χ0v) is 10.4. The maximum atomic E-state index is 9.23. The molecule has 0 saturated carbocycles. The largest absolute Gasteiger partial charge is 0.390 e. The minimum Gasteiger partial charge on any atom is -0.390 e. The second-order valence-corrected chi connectivity index (χ2v) is 5.38. The predicted octanol–water partition coefficient (Wildman–Crippen LogP) is 2.97. The van der Waals surface area contributed by atoms with E-state index in [-0.39, 0.29) is 12.0 Å². The van der Waals surface area contributed by atoms with Crippen molar-refractivity contribution in [3.63, 3.8) is 0 Å². The summed E-state index contributed by atoms with van der Waals surface area (Å²) in [7, 11) is 1.99. The van der Waals surface area contributed by atoms with Crippen LogP contribution in [0, 0.1) is 0 Å². The molecule has 1 aromatic heterocycles. The Kier molecular flexibility index (Phi) is 2.55. The van der Waals surface area contributed by atoms with Crippen molar-refractivity contribution in [2.24, 2.45) is 7.05 Å². The molecule has 0 aliphatic rings. The van der Waals surface area contributed by atoms with E-state index in [0.717, 1.165) is 5.69 Å². The summed E-state index contributed by atoms with van der Waals surface area (Å²) in [5.74, 6) is 0. The fraction of sp³-hybridized carbons (Fsp3) is 0.429. The number of fused-ring (bicyclic) bond motifs is 1. The molecular formula is C14H19NO. The Labute approximate surface area is 96.5 Å². The van der Waals surface area contributed by atoms with Crippen molar-refractivity contribution < 1.29 is 5.11 Å². The third-order valence-corrected chi connectivity index (χ3v) is 3.17. The van der Waals surface area contributed by atoms with Gasteiger partial charge in [0.25, 0.3) is 0 Å². The van der Waals surface area contributed by atoms with E-state index >= 15 is 0 Å². The van der Waals surface area contributed by atoms with Crippen LogP contribution < -0.4 is 0 Å². The first-order valence-electron chi connectivity index (χ1n) is 5.63. The monoisotopic (exact) mass is 217 g/mol. The predicted molar refractivity (Wildman–Crippen MR) is 67.5 cm³/mol. The fourth-order valence-electron chi connectivity index (χ4n) is 2.02. The normalized spacial score (nSPS) is 12.3. The van der Waals surface area contributed by atoms with Gasteiger partial charge in [-0.05, 0) is 29.2 Å². The molecule has 0 aliphatic heterocycles. The van der Waals surface area contributed by atoms with E-state index in [9.17, 15) is 5.11 Å². The topological polar surface area (TPSA) is 25.2 Å². The summed E-state index contributed by atoms with van der Waals surface area (Å²) in [6.07, 6.45) is 0. The highest BCUT2D eigenvalue weighted by Gasteiger charge is 2.15. The summed E-state index contributed by atoms with van der Waals surface area (Å²) in [5.41, 5.74) is 3.64. The molecule has 0 aliphatic carbocycles. The highest BCUT2D eigenvalue weighted by atomic mass is 16.3. The van der Waals surface area contributed by atoms with Gasteiger partial charge in [-0.15, -0.1) is 0 Å². The third-order valence-electron chi connectivity index (χ3n) is 3.17. The Morgan fingerprint density at radius 1 is 1.19 bits per heavy atom. The highest BCUT2D eigenvalue weighted by molar-refractivity contribution is 5.82. The van der Waals surface area contributed by atoms with Gasteiger partial charge in [-0.2, -0.15) is 0 Å². The molecule has 2 nitrogen and oxygen atoms in total. The second-order valence-electron chi connectivity index (χ2n) is 5.38. The average molecular weight is 217 g/mol. The van der Waals surface area contributed by atoms with E-state index in [1.54, 1.807) is 0 Å². The van der Waals surface area contributed by atoms with Crippen LogP contribution in [0.25, 0.3) is 10.9 Å². The number of hydrogen-bond acceptors (Lipinski definition) is 1. The number of aromatic nitrogens is 1. The van der Waals surface area contributed by atoms with Crippen molar-refractivity contribution >= 4 is 10.9 Å². The SMILES string of the molecule is Cn1c(CO)cc2cc(C(C)(C)C)ccc21. The molecule has 0 bridgehead atoms. The van der Waals surface area contributed by atoms with Gasteiger partial charge in [0.2, 0.25) is 0 Å². The lowest BCUT2D eigenvalue weighted by atomic mass is 9.86. The first kappa shape index (κ1) is 11.2. The van der Waals surface area contributed by atoms with Gasteiger partial charge in [0.1, 0.15) is 0 Å². The molecule has 2 heteroatoms. The molecule has 2 aromatic rings. The third kappa shape index (κ3) is 1.74. The molecular weight excluding hydrogens is 198 g/mol. The molecule has 1 heterocycles. The highest BCUT2D eigenvalue weighted by Crippen LogP contribution is 2.27. The molecule has 16 heavy (non-hydrogen) atoms. The number of aryl methyl sites for hydroxylation is 1. The van der Waals surface area contributed by atoms with Crippen LogP contribution in [-0.4, -0.2) is 9.67 Å². The molecule has 0 radical (unpaired) electrons. The molecule has 1 N–H and O–H groups in total. The van der Waals surface area contributed by atoms with E-state index in [0.29, 0.717) is 0 Å². The fourth-order valence-corrected chi connectivity index (χ4v) is 2.02. The van der Waals surface area contributed by atoms with Gasteiger partial charge in [0.05, 0.1) is 6.61 Å². The summed E-state index contributed by atoms with van der Waals surface area (Å²) >= 11 is 0. The number of nitrogens with zero attached hydrogens (tertiary/aromatic N) is 1. The maximum Gasteiger partial charge on any atom is 0.0833 e. The quantitative estimate of drug-likeness (QED) is 0.780. The standard InChI is InChI=1S/C14H19NO/c1-14(2,3)11-5-6-13-10(7-11)8-12(9-16)15(13)4/h5-8,16H,9H2,1-4H3. The Balaban J connectivity index is 2.64. The van der Waals surface area contributed by atoms with Crippen LogP contribution >= 0.6 is 0 Å². The minimum absolute atomic E-state index is 0.0933. The van der Waals surface area contributed by atoms with Crippen molar-refractivity contribution in [3.05, 3.63) is 35.5 Å². The van der Waals surface area contributed by atoms with Crippen molar-refractivity contribution in [1.29, 1.82) is 0 Å². The van der Waals surface area contributed by atoms with E-state index < -0.39 is 0 Å². The van der Waals surface area contributed by atoms with E-state index in [1.807, 2.05) is 11.6 Å². The molecule has 0 atom stereocenters. The molecule has 0 fully saturated rings. The summed E-state index contributed by atoms with van der Waals surface area (Å²) in [6, 6.07) is 8.58. The Hall–Kier alpha value is -1.28. The van der Waals surface area contributed by atoms with Crippen molar-refractivity contribution in [2.45, 2.75) is 32.8 Å². The summed E-state index contributed by atoms with van der Waals surface area (Å²) in [4.78, 5) is 0. The molecule has 0 amide bonds. The van der Waals surface area contributed by atoms with E-state index in [2.05, 4.69) is 45.0 Å². The Morgan fingerprint density at radius 3 is 2.44 bits per heavy atom. The minimum atomic E-state index is 0.0933. The van der Waals surface area contributed by atoms with Crippen molar-refractivity contribution in [3.8, 4) is 0 Å². The summed E-state index contributed by atoms with van der Waals surface area (Å²) in [5, 5.41) is 10.4. The maximum absolute atomic E-state index is 9.23. The Bertz CT molecular complexity index is 517. The van der Waals surface area contributed by atoms with Crippen LogP contribution in [0.1, 0.15) is 32.0 Å². The lowest BCUT2D eigenvalue weighted by molar-refractivity contribution is 0.273. The lowest BCUT2D eigenvalue weighted by Crippen LogP contribution is -2.10. The first-order valence-corrected chi connectivity index (χ1v) is 5.63. The van der Waals surface area contributed by atoms with E-state index in [4.69, 9.17) is 0 Å². The number of aliphatic hydroxyl groups is 1. The van der Waals surface area contributed by atoms with Crippen molar-refractivity contribution in [1.82, 2.24) is 4.57 Å². The molecule has 86 valence electrons. The average Bonchev–Trinajstić information content (AvgIpc) is 2.54. The van der Waals surface area contributed by atoms with Gasteiger partial charge in [-0.25, -0.2) is 0 Å². The van der Waals surface area contributed by atoms with Crippen LogP contribution in [0.5, 0.6) is 0 Å². The summed E-state index contributed by atoms with van der Waals surface area (Å²) in [6.45, 7) is 6.73. The van der Waals surface area contributed by atoms with Gasteiger partial charge in [0, 0.05) is 23.6 Å². The van der Waals surface area contributed by atoms with Gasteiger partial charge in [0.15, 0.2) is 0 Å². The number of benzene rings is 1. The van der Waals surface area contributed by atoms with Crippen molar-refractivity contribution in [2.75, 3.05) is 0 Å². The van der Waals surface area contributed by atoms with Crippen LogP contribution in [0.2, 0.25) is 0 Å². The zero-order chi connectivity index (χ0) is 11.9. The van der Waals surface area contributed by atoms with Crippen LogP contribution in [0.15, 0.2) is 24.3 Å². The molecule has 1 aromatic carbocycles. The van der Waals surface area contributed by atoms with Gasteiger partial charge in [-0.3, -0.25) is 0 Å². The van der Waals surface area contributed by atoms with Gasteiger partial charge < -0.3 is 9.67 Å².